The topological polar surface area (TPSA) is 46.5 Å². The molecule has 0 spiro atoms. The van der Waals surface area contributed by atoms with E-state index in [-0.39, 0.29) is 0 Å². The van der Waals surface area contributed by atoms with Crippen molar-refractivity contribution < 1.29 is 14.6 Å². The molecule has 1 N–H and O–H groups in total. The molecule has 0 unspecified atom stereocenters. The van der Waals surface area contributed by atoms with Gasteiger partial charge in [-0.3, -0.25) is 0 Å². The quantitative estimate of drug-likeness (QED) is 0.702. The van der Waals surface area contributed by atoms with Gasteiger partial charge in [0, 0.05) is 0 Å². The molecule has 0 bridgehead atoms. The SMILES string of the molecule is CCC.O=C(O)c1ccc(OCCCC2CCCCC2)cc1. The molecular formula is C19H30O3. The lowest BCUT2D eigenvalue weighted by atomic mass is 9.86. The van der Waals surface area contributed by atoms with E-state index in [0.29, 0.717) is 5.56 Å². The summed E-state index contributed by atoms with van der Waals surface area (Å²) in [4.78, 5) is 10.7. The van der Waals surface area contributed by atoms with Crippen LogP contribution in [-0.4, -0.2) is 17.7 Å². The summed E-state index contributed by atoms with van der Waals surface area (Å²) in [6, 6.07) is 6.62. The van der Waals surface area contributed by atoms with Crippen LogP contribution in [0.25, 0.3) is 0 Å². The third-order valence-corrected chi connectivity index (χ3v) is 3.85. The highest BCUT2D eigenvalue weighted by atomic mass is 16.5. The van der Waals surface area contributed by atoms with Gasteiger partial charge >= 0.3 is 5.97 Å². The minimum Gasteiger partial charge on any atom is -0.494 e. The highest BCUT2D eigenvalue weighted by Crippen LogP contribution is 2.27. The van der Waals surface area contributed by atoms with Gasteiger partial charge < -0.3 is 9.84 Å². The van der Waals surface area contributed by atoms with Crippen LogP contribution in [0.3, 0.4) is 0 Å². The van der Waals surface area contributed by atoms with Gasteiger partial charge in [-0.15, -0.1) is 0 Å². The Balaban J connectivity index is 0.000000745. The number of aromatic carboxylic acids is 1. The molecule has 124 valence electrons. The first-order valence-corrected chi connectivity index (χ1v) is 8.63. The van der Waals surface area contributed by atoms with Crippen LogP contribution in [-0.2, 0) is 0 Å². The van der Waals surface area contributed by atoms with Crippen molar-refractivity contribution >= 4 is 5.97 Å². The zero-order chi connectivity index (χ0) is 16.2. The molecule has 22 heavy (non-hydrogen) atoms. The summed E-state index contributed by atoms with van der Waals surface area (Å²) in [7, 11) is 0. The van der Waals surface area contributed by atoms with Crippen molar-refractivity contribution in [2.75, 3.05) is 6.61 Å². The lowest BCUT2D eigenvalue weighted by Crippen LogP contribution is -2.08. The highest BCUT2D eigenvalue weighted by molar-refractivity contribution is 5.87. The van der Waals surface area contributed by atoms with Crippen molar-refractivity contribution in [3.05, 3.63) is 29.8 Å². The predicted molar refractivity (Wildman–Crippen MR) is 90.7 cm³/mol. The number of carbonyl (C=O) groups is 1. The standard InChI is InChI=1S/C16H22O3.C3H8/c17-16(18)14-8-10-15(11-9-14)19-12-4-7-13-5-2-1-3-6-13;1-3-2/h8-11,13H,1-7,12H2,(H,17,18);3H2,1-2H3. The van der Waals surface area contributed by atoms with Crippen molar-refractivity contribution in [2.24, 2.45) is 5.92 Å². The van der Waals surface area contributed by atoms with Gasteiger partial charge in [0.05, 0.1) is 12.2 Å². The second kappa shape index (κ2) is 11.1. The fourth-order valence-corrected chi connectivity index (χ4v) is 2.73. The average molecular weight is 306 g/mol. The Labute approximate surface area is 134 Å². The van der Waals surface area contributed by atoms with Gasteiger partial charge in [-0.05, 0) is 43.0 Å². The number of benzene rings is 1. The molecule has 1 saturated carbocycles. The number of hydrogen-bond donors (Lipinski definition) is 1. The van der Waals surface area contributed by atoms with Crippen molar-refractivity contribution in [1.82, 2.24) is 0 Å². The summed E-state index contributed by atoms with van der Waals surface area (Å²) >= 11 is 0. The lowest BCUT2D eigenvalue weighted by Gasteiger charge is -2.21. The van der Waals surface area contributed by atoms with E-state index in [1.54, 1.807) is 24.3 Å². The summed E-state index contributed by atoms with van der Waals surface area (Å²) in [5.74, 6) is 0.754. The van der Waals surface area contributed by atoms with Gasteiger partial charge in [0.1, 0.15) is 5.75 Å². The van der Waals surface area contributed by atoms with Crippen LogP contribution in [0, 0.1) is 5.92 Å². The van der Waals surface area contributed by atoms with Crippen molar-refractivity contribution in [1.29, 1.82) is 0 Å². The zero-order valence-corrected chi connectivity index (χ0v) is 14.0. The first-order chi connectivity index (χ1) is 10.7. The predicted octanol–water partition coefficient (Wildman–Crippen LogP) is 5.54. The molecule has 1 aliphatic carbocycles. The van der Waals surface area contributed by atoms with E-state index >= 15 is 0 Å². The summed E-state index contributed by atoms with van der Waals surface area (Å²) < 4.78 is 5.64. The fourth-order valence-electron chi connectivity index (χ4n) is 2.73. The van der Waals surface area contributed by atoms with Crippen molar-refractivity contribution in [3.8, 4) is 5.75 Å². The summed E-state index contributed by atoms with van der Waals surface area (Å²) in [6.45, 7) is 4.98. The van der Waals surface area contributed by atoms with Gasteiger partial charge in [0.2, 0.25) is 0 Å². The van der Waals surface area contributed by atoms with E-state index in [0.717, 1.165) is 24.7 Å². The number of carboxylic acids is 1. The number of ether oxygens (including phenoxy) is 1. The summed E-state index contributed by atoms with van der Waals surface area (Å²) in [5, 5.41) is 8.79. The first-order valence-electron chi connectivity index (χ1n) is 8.63. The molecule has 1 aromatic carbocycles. The minimum atomic E-state index is -0.899. The molecule has 0 saturated heterocycles. The molecule has 0 aliphatic heterocycles. The average Bonchev–Trinajstić information content (AvgIpc) is 2.54. The smallest absolute Gasteiger partial charge is 0.335 e. The number of carboxylic acid groups (broad SMARTS) is 1. The molecular weight excluding hydrogens is 276 g/mol. The van der Waals surface area contributed by atoms with E-state index in [1.807, 2.05) is 0 Å². The Morgan fingerprint density at radius 2 is 1.73 bits per heavy atom. The van der Waals surface area contributed by atoms with Crippen LogP contribution in [0.15, 0.2) is 24.3 Å². The van der Waals surface area contributed by atoms with E-state index < -0.39 is 5.97 Å². The maximum atomic E-state index is 10.7. The van der Waals surface area contributed by atoms with Crippen molar-refractivity contribution in [3.63, 3.8) is 0 Å². The second-order valence-corrected chi connectivity index (χ2v) is 6.03. The first kappa shape index (κ1) is 18.5. The Morgan fingerprint density at radius 1 is 1.14 bits per heavy atom. The molecule has 0 aromatic heterocycles. The third-order valence-electron chi connectivity index (χ3n) is 3.85. The molecule has 1 fully saturated rings. The normalized spacial score (nSPS) is 14.8. The molecule has 1 aliphatic rings. The van der Waals surface area contributed by atoms with E-state index in [1.165, 1.54) is 44.9 Å². The second-order valence-electron chi connectivity index (χ2n) is 6.03. The molecule has 1 aromatic rings. The number of rotatable bonds is 6. The van der Waals surface area contributed by atoms with Crippen molar-refractivity contribution in [2.45, 2.75) is 65.2 Å². The van der Waals surface area contributed by atoms with Crippen LogP contribution in [0.4, 0.5) is 0 Å². The van der Waals surface area contributed by atoms with Gasteiger partial charge in [-0.2, -0.15) is 0 Å². The maximum Gasteiger partial charge on any atom is 0.335 e. The molecule has 0 radical (unpaired) electrons. The van der Waals surface area contributed by atoms with Gasteiger partial charge in [0.25, 0.3) is 0 Å². The Kier molecular flexibility index (Phi) is 9.36. The highest BCUT2D eigenvalue weighted by Gasteiger charge is 2.12. The molecule has 3 heteroatoms. The Bertz CT molecular complexity index is 405. The monoisotopic (exact) mass is 306 g/mol. The fraction of sp³-hybridized carbons (Fsp3) is 0.632. The summed E-state index contributed by atoms with van der Waals surface area (Å²) in [6.07, 6.45) is 10.5. The van der Waals surface area contributed by atoms with Crippen LogP contribution in [0.2, 0.25) is 0 Å². The summed E-state index contributed by atoms with van der Waals surface area (Å²) in [5.41, 5.74) is 0.301. The van der Waals surface area contributed by atoms with E-state index in [4.69, 9.17) is 9.84 Å². The molecule has 0 amide bonds. The maximum absolute atomic E-state index is 10.7. The molecule has 3 nitrogen and oxygen atoms in total. The number of hydrogen-bond acceptors (Lipinski definition) is 2. The largest absolute Gasteiger partial charge is 0.494 e. The van der Waals surface area contributed by atoms with Gasteiger partial charge in [0.15, 0.2) is 0 Å². The van der Waals surface area contributed by atoms with Crippen LogP contribution in [0.5, 0.6) is 5.75 Å². The Morgan fingerprint density at radius 3 is 2.27 bits per heavy atom. The van der Waals surface area contributed by atoms with E-state index in [2.05, 4.69) is 13.8 Å². The lowest BCUT2D eigenvalue weighted by molar-refractivity contribution is 0.0697. The van der Waals surface area contributed by atoms with Gasteiger partial charge in [-0.1, -0.05) is 52.4 Å². The van der Waals surface area contributed by atoms with Crippen LogP contribution < -0.4 is 4.74 Å². The van der Waals surface area contributed by atoms with Gasteiger partial charge in [-0.25, -0.2) is 4.79 Å². The molecule has 0 atom stereocenters. The van der Waals surface area contributed by atoms with Crippen LogP contribution in [0.1, 0.15) is 75.6 Å². The Hall–Kier alpha value is -1.51. The minimum absolute atomic E-state index is 0.301. The zero-order valence-electron chi connectivity index (χ0n) is 14.0. The van der Waals surface area contributed by atoms with E-state index in [9.17, 15) is 4.79 Å². The molecule has 0 heterocycles. The van der Waals surface area contributed by atoms with Crippen LogP contribution >= 0.6 is 0 Å². The third kappa shape index (κ3) is 7.48. The molecule has 2 rings (SSSR count).